The zero-order valence-corrected chi connectivity index (χ0v) is 13.9. The molecule has 0 spiro atoms. The number of hydrogen-bond donors (Lipinski definition) is 1. The summed E-state index contributed by atoms with van der Waals surface area (Å²) in [5.41, 5.74) is 6.12. The van der Waals surface area contributed by atoms with Gasteiger partial charge in [-0.15, -0.1) is 0 Å². The van der Waals surface area contributed by atoms with Crippen molar-refractivity contribution in [3.8, 4) is 16.9 Å². The lowest BCUT2D eigenvalue weighted by molar-refractivity contribution is 0.836. The van der Waals surface area contributed by atoms with E-state index < -0.39 is 0 Å². The Morgan fingerprint density at radius 3 is 2.26 bits per heavy atom. The van der Waals surface area contributed by atoms with Gasteiger partial charge in [-0.1, -0.05) is 55.8 Å². The van der Waals surface area contributed by atoms with Gasteiger partial charge in [0.1, 0.15) is 0 Å². The number of H-pyrrole nitrogens is 1. The van der Waals surface area contributed by atoms with Crippen molar-refractivity contribution < 1.29 is 0 Å². The van der Waals surface area contributed by atoms with Crippen LogP contribution in [0.2, 0.25) is 0 Å². The van der Waals surface area contributed by atoms with Gasteiger partial charge in [-0.3, -0.25) is 9.89 Å². The summed E-state index contributed by atoms with van der Waals surface area (Å²) in [6.07, 6.45) is 1.72. The van der Waals surface area contributed by atoms with Gasteiger partial charge in [-0.05, 0) is 37.5 Å². The zero-order valence-electron chi connectivity index (χ0n) is 13.9. The second kappa shape index (κ2) is 6.29. The molecule has 1 heterocycles. The number of rotatable bonds is 4. The monoisotopic (exact) mass is 306 g/mol. The molecule has 118 valence electrons. The predicted octanol–water partition coefficient (Wildman–Crippen LogP) is 4.40. The third-order valence-corrected chi connectivity index (χ3v) is 4.26. The summed E-state index contributed by atoms with van der Waals surface area (Å²) in [7, 11) is 0. The fourth-order valence-corrected chi connectivity index (χ4v) is 3.01. The van der Waals surface area contributed by atoms with E-state index in [1.54, 1.807) is 4.68 Å². The van der Waals surface area contributed by atoms with Crippen LogP contribution in [0.1, 0.15) is 30.0 Å². The lowest BCUT2D eigenvalue weighted by atomic mass is 10.0. The Morgan fingerprint density at radius 2 is 1.61 bits per heavy atom. The molecule has 3 aromatic rings. The van der Waals surface area contributed by atoms with E-state index in [9.17, 15) is 4.79 Å². The molecule has 0 aliphatic rings. The summed E-state index contributed by atoms with van der Waals surface area (Å²) < 4.78 is 1.68. The molecule has 0 fully saturated rings. The van der Waals surface area contributed by atoms with Crippen LogP contribution in [0, 0.1) is 13.8 Å². The maximum absolute atomic E-state index is 12.9. The molecule has 1 aromatic heterocycles. The first-order valence-corrected chi connectivity index (χ1v) is 8.09. The van der Waals surface area contributed by atoms with Crippen molar-refractivity contribution in [2.45, 2.75) is 33.6 Å². The lowest BCUT2D eigenvalue weighted by Crippen LogP contribution is -2.18. The van der Waals surface area contributed by atoms with Gasteiger partial charge in [0.2, 0.25) is 0 Å². The van der Waals surface area contributed by atoms with Crippen LogP contribution < -0.4 is 5.56 Å². The summed E-state index contributed by atoms with van der Waals surface area (Å²) in [5, 5.41) is 3.35. The fraction of sp³-hybridized carbons (Fsp3) is 0.250. The number of aromatic amines is 1. The highest BCUT2D eigenvalue weighted by molar-refractivity contribution is 5.67. The minimum atomic E-state index is 0.0550. The molecule has 3 rings (SSSR count). The van der Waals surface area contributed by atoms with Crippen LogP contribution in [0.5, 0.6) is 0 Å². The van der Waals surface area contributed by atoms with E-state index in [-0.39, 0.29) is 5.56 Å². The van der Waals surface area contributed by atoms with Gasteiger partial charge in [-0.25, -0.2) is 4.68 Å². The molecule has 0 atom stereocenters. The van der Waals surface area contributed by atoms with E-state index in [4.69, 9.17) is 0 Å². The van der Waals surface area contributed by atoms with Gasteiger partial charge in [0.05, 0.1) is 11.4 Å². The number of para-hydroxylation sites is 1. The second-order valence-corrected chi connectivity index (χ2v) is 5.96. The maximum atomic E-state index is 12.9. The fourth-order valence-electron chi connectivity index (χ4n) is 3.01. The highest BCUT2D eigenvalue weighted by atomic mass is 16.1. The summed E-state index contributed by atoms with van der Waals surface area (Å²) in [5.74, 6) is 0. The van der Waals surface area contributed by atoms with Crippen LogP contribution in [0.15, 0.2) is 53.3 Å². The summed E-state index contributed by atoms with van der Waals surface area (Å²) in [6.45, 7) is 6.20. The Bertz CT molecular complexity index is 887. The van der Waals surface area contributed by atoms with E-state index in [1.807, 2.05) is 43.3 Å². The molecule has 3 heteroatoms. The summed E-state index contributed by atoms with van der Waals surface area (Å²) in [6, 6.07) is 16.1. The van der Waals surface area contributed by atoms with Gasteiger partial charge in [0.25, 0.3) is 5.56 Å². The minimum absolute atomic E-state index is 0.0550. The van der Waals surface area contributed by atoms with Crippen molar-refractivity contribution in [1.29, 1.82) is 0 Å². The first-order valence-electron chi connectivity index (χ1n) is 8.09. The molecule has 1 N–H and O–H groups in total. The van der Waals surface area contributed by atoms with Gasteiger partial charge in [-0.2, -0.15) is 0 Å². The standard InChI is InChI=1S/C20H22N2O/c1-4-9-17-19(16-12-7-5-10-14(16)2)21-22(20(17)23)18-13-8-6-11-15(18)3/h5-8,10-13,21H,4,9H2,1-3H3. The molecule has 0 unspecified atom stereocenters. The van der Waals surface area contributed by atoms with Gasteiger partial charge < -0.3 is 0 Å². The molecule has 2 aromatic carbocycles. The van der Waals surface area contributed by atoms with Crippen molar-refractivity contribution in [3.63, 3.8) is 0 Å². The highest BCUT2D eigenvalue weighted by Gasteiger charge is 2.17. The largest absolute Gasteiger partial charge is 0.290 e. The first kappa shape index (κ1) is 15.3. The topological polar surface area (TPSA) is 37.8 Å². The molecule has 0 saturated heterocycles. The van der Waals surface area contributed by atoms with Gasteiger partial charge >= 0.3 is 0 Å². The number of aryl methyl sites for hydroxylation is 2. The molecule has 0 saturated carbocycles. The first-order chi connectivity index (χ1) is 11.1. The number of benzene rings is 2. The average Bonchev–Trinajstić information content (AvgIpc) is 2.86. The number of nitrogens with one attached hydrogen (secondary N) is 1. The Balaban J connectivity index is 2.26. The Hall–Kier alpha value is -2.55. The Labute approximate surface area is 136 Å². The quantitative estimate of drug-likeness (QED) is 0.762. The van der Waals surface area contributed by atoms with Crippen molar-refractivity contribution in [2.75, 3.05) is 0 Å². The zero-order chi connectivity index (χ0) is 16.4. The molecule has 23 heavy (non-hydrogen) atoms. The van der Waals surface area contributed by atoms with E-state index in [2.05, 4.69) is 31.1 Å². The van der Waals surface area contributed by atoms with Crippen LogP contribution in [-0.2, 0) is 6.42 Å². The van der Waals surface area contributed by atoms with E-state index in [0.29, 0.717) is 0 Å². The molecular weight excluding hydrogens is 284 g/mol. The minimum Gasteiger partial charge on any atom is -0.290 e. The Kier molecular flexibility index (Phi) is 4.20. The summed E-state index contributed by atoms with van der Waals surface area (Å²) >= 11 is 0. The highest BCUT2D eigenvalue weighted by Crippen LogP contribution is 2.25. The van der Waals surface area contributed by atoms with E-state index in [1.165, 1.54) is 5.56 Å². The average molecular weight is 306 g/mol. The number of aromatic nitrogens is 2. The molecule has 0 aliphatic carbocycles. The van der Waals surface area contributed by atoms with Crippen molar-refractivity contribution in [3.05, 3.63) is 75.6 Å². The van der Waals surface area contributed by atoms with Crippen LogP contribution in [0.4, 0.5) is 0 Å². The predicted molar refractivity (Wildman–Crippen MR) is 95.3 cm³/mol. The van der Waals surface area contributed by atoms with E-state index in [0.717, 1.165) is 40.9 Å². The van der Waals surface area contributed by atoms with Gasteiger partial charge in [0.15, 0.2) is 0 Å². The molecule has 0 aliphatic heterocycles. The molecule has 0 radical (unpaired) electrons. The molecular formula is C20H22N2O. The van der Waals surface area contributed by atoms with Crippen molar-refractivity contribution >= 4 is 0 Å². The third-order valence-electron chi connectivity index (χ3n) is 4.26. The molecule has 0 amide bonds. The van der Waals surface area contributed by atoms with Crippen LogP contribution in [0.25, 0.3) is 16.9 Å². The maximum Gasteiger partial charge on any atom is 0.275 e. The van der Waals surface area contributed by atoms with E-state index >= 15 is 0 Å². The van der Waals surface area contributed by atoms with Crippen molar-refractivity contribution in [2.24, 2.45) is 0 Å². The van der Waals surface area contributed by atoms with Crippen LogP contribution >= 0.6 is 0 Å². The lowest BCUT2D eigenvalue weighted by Gasteiger charge is -2.07. The second-order valence-electron chi connectivity index (χ2n) is 5.96. The van der Waals surface area contributed by atoms with Crippen LogP contribution in [-0.4, -0.2) is 9.78 Å². The SMILES string of the molecule is CCCc1c(-c2ccccc2C)[nH]n(-c2ccccc2C)c1=O. The van der Waals surface area contributed by atoms with Crippen LogP contribution in [0.3, 0.4) is 0 Å². The molecule has 0 bridgehead atoms. The third kappa shape index (κ3) is 2.74. The Morgan fingerprint density at radius 1 is 0.957 bits per heavy atom. The normalized spacial score (nSPS) is 10.9. The van der Waals surface area contributed by atoms with Crippen molar-refractivity contribution in [1.82, 2.24) is 9.78 Å². The molecule has 3 nitrogen and oxygen atoms in total. The van der Waals surface area contributed by atoms with Gasteiger partial charge in [0, 0.05) is 11.1 Å². The number of nitrogens with zero attached hydrogens (tertiary/aromatic N) is 1. The summed E-state index contributed by atoms with van der Waals surface area (Å²) in [4.78, 5) is 12.9. The number of hydrogen-bond acceptors (Lipinski definition) is 1. The smallest absolute Gasteiger partial charge is 0.275 e.